The van der Waals surface area contributed by atoms with Crippen LogP contribution in [0.1, 0.15) is 70.4 Å². The van der Waals surface area contributed by atoms with Crippen molar-refractivity contribution in [1.82, 2.24) is 24.6 Å². The summed E-state index contributed by atoms with van der Waals surface area (Å²) in [4.78, 5) is 11.7. The summed E-state index contributed by atoms with van der Waals surface area (Å²) in [7, 11) is 0.519. The van der Waals surface area contributed by atoms with Gasteiger partial charge in [-0.1, -0.05) is 25.4 Å². The van der Waals surface area contributed by atoms with E-state index in [4.69, 9.17) is 16.3 Å². The van der Waals surface area contributed by atoms with Gasteiger partial charge in [-0.25, -0.2) is 4.98 Å². The Morgan fingerprint density at radius 2 is 1.90 bits per heavy atom. The smallest absolute Gasteiger partial charge is 0.229 e. The molecule has 1 aromatic carbocycles. The average Bonchev–Trinajstić information content (AvgIpc) is 3.66. The number of rotatable bonds is 10. The summed E-state index contributed by atoms with van der Waals surface area (Å²) in [6.45, 7) is 12.8. The Morgan fingerprint density at radius 3 is 2.60 bits per heavy atom. The zero-order valence-electron chi connectivity index (χ0n) is 24.2. The molecule has 3 aromatic rings. The number of nitrogens with one attached hydrogen (secondary N) is 2. The van der Waals surface area contributed by atoms with Gasteiger partial charge in [-0.05, 0) is 82.2 Å². The Bertz CT molecular complexity index is 1390. The summed E-state index contributed by atoms with van der Waals surface area (Å²) in [5, 5.41) is 11.7. The van der Waals surface area contributed by atoms with Crippen molar-refractivity contribution in [2.24, 2.45) is 7.05 Å². The van der Waals surface area contributed by atoms with Gasteiger partial charge in [0.25, 0.3) is 0 Å². The fourth-order valence-corrected chi connectivity index (χ4v) is 6.24. The van der Waals surface area contributed by atoms with Gasteiger partial charge < -0.3 is 20.3 Å². The molecule has 1 saturated heterocycles. The number of likely N-dealkylation sites (tertiary alicyclic amines) is 1. The molecule has 2 atom stereocenters. The van der Waals surface area contributed by atoms with Crippen LogP contribution in [-0.2, 0) is 17.8 Å². The van der Waals surface area contributed by atoms with E-state index in [0.717, 1.165) is 37.4 Å². The monoisotopic (exact) mass is 585 g/mol. The van der Waals surface area contributed by atoms with Crippen LogP contribution < -0.4 is 15.4 Å². The van der Waals surface area contributed by atoms with E-state index in [0.29, 0.717) is 39.5 Å². The number of piperidine rings is 1. The van der Waals surface area contributed by atoms with Gasteiger partial charge >= 0.3 is 0 Å². The van der Waals surface area contributed by atoms with Crippen molar-refractivity contribution in [1.29, 1.82) is 0 Å². The van der Waals surface area contributed by atoms with Crippen LogP contribution in [0.3, 0.4) is 0 Å². The second-order valence-corrected chi connectivity index (χ2v) is 13.8. The molecule has 2 N–H and O–H groups in total. The van der Waals surface area contributed by atoms with Crippen LogP contribution in [0.2, 0.25) is 5.02 Å². The van der Waals surface area contributed by atoms with Gasteiger partial charge in [-0.15, -0.1) is 0 Å². The molecular weight excluding hydrogens is 546 g/mol. The van der Waals surface area contributed by atoms with Gasteiger partial charge in [-0.3, -0.25) is 8.89 Å². The minimum Gasteiger partial charge on any atom is -0.488 e. The van der Waals surface area contributed by atoms with Crippen LogP contribution in [0.5, 0.6) is 5.75 Å². The maximum Gasteiger partial charge on any atom is 0.229 e. The molecule has 1 saturated carbocycles. The van der Waals surface area contributed by atoms with E-state index < -0.39 is 10.8 Å². The summed E-state index contributed by atoms with van der Waals surface area (Å²) in [6.07, 6.45) is 8.12. The average molecular weight is 586 g/mol. The molecule has 0 spiro atoms. The molecule has 5 rings (SSSR count). The number of halogens is 1. The number of hydrogen-bond donors (Lipinski definition) is 2. The molecule has 3 heterocycles. The number of nitrogens with zero attached hydrogens (tertiary/aromatic N) is 5. The van der Waals surface area contributed by atoms with E-state index in [9.17, 15) is 4.21 Å². The molecule has 2 fully saturated rings. The first-order valence-electron chi connectivity index (χ1n) is 14.1. The van der Waals surface area contributed by atoms with Crippen LogP contribution in [0, 0.1) is 6.92 Å². The molecule has 1 aliphatic carbocycles. The fourth-order valence-electron chi connectivity index (χ4n) is 5.12. The van der Waals surface area contributed by atoms with Crippen molar-refractivity contribution >= 4 is 45.5 Å². The molecule has 9 nitrogen and oxygen atoms in total. The van der Waals surface area contributed by atoms with Crippen LogP contribution in [0.25, 0.3) is 0 Å². The van der Waals surface area contributed by atoms with E-state index in [1.807, 2.05) is 13.8 Å². The Kier molecular flexibility index (Phi) is 8.68. The highest BCUT2D eigenvalue weighted by atomic mass is 35.5. The molecule has 0 bridgehead atoms. The minimum atomic E-state index is -1.27. The van der Waals surface area contributed by atoms with Gasteiger partial charge in [0.05, 0.1) is 34.5 Å². The van der Waals surface area contributed by atoms with E-state index in [1.54, 1.807) is 24.1 Å². The van der Waals surface area contributed by atoms with Crippen molar-refractivity contribution < 1.29 is 8.95 Å². The third-order valence-corrected chi connectivity index (χ3v) is 9.28. The third-order valence-electron chi connectivity index (χ3n) is 7.47. The number of aromatic nitrogens is 4. The highest BCUT2D eigenvalue weighted by molar-refractivity contribution is 7.85. The summed E-state index contributed by atoms with van der Waals surface area (Å²) < 4.78 is 20.8. The molecule has 216 valence electrons. The summed E-state index contributed by atoms with van der Waals surface area (Å²) in [5.74, 6) is 2.11. The van der Waals surface area contributed by atoms with Crippen LogP contribution in [0.15, 0.2) is 29.6 Å². The van der Waals surface area contributed by atoms with Crippen molar-refractivity contribution in [2.75, 3.05) is 23.7 Å². The number of hydrogen-bond acceptors (Lipinski definition) is 8. The highest BCUT2D eigenvalue weighted by Gasteiger charge is 2.28. The molecule has 0 amide bonds. The first-order chi connectivity index (χ1) is 19.1. The molecule has 2 unspecified atom stereocenters. The minimum absolute atomic E-state index is 0.0771. The predicted octanol–water partition coefficient (Wildman–Crippen LogP) is 6.30. The quantitative estimate of drug-likeness (QED) is 0.286. The van der Waals surface area contributed by atoms with E-state index >= 15 is 0 Å². The van der Waals surface area contributed by atoms with E-state index in [1.165, 1.54) is 24.0 Å². The maximum absolute atomic E-state index is 12.8. The van der Waals surface area contributed by atoms with Gasteiger partial charge in [0, 0.05) is 31.1 Å². The zero-order valence-corrected chi connectivity index (χ0v) is 25.8. The van der Waals surface area contributed by atoms with Crippen molar-refractivity contribution in [3.8, 4) is 5.75 Å². The normalized spacial score (nSPS) is 18.8. The summed E-state index contributed by atoms with van der Waals surface area (Å²) in [6, 6.07) is 4.92. The Morgan fingerprint density at radius 1 is 1.12 bits per heavy atom. The second-order valence-electron chi connectivity index (χ2n) is 11.5. The lowest BCUT2D eigenvalue weighted by Gasteiger charge is -2.36. The third kappa shape index (κ3) is 6.61. The first kappa shape index (κ1) is 28.8. The molecule has 2 aromatic heterocycles. The van der Waals surface area contributed by atoms with E-state index in [2.05, 4.69) is 63.5 Å². The lowest BCUT2D eigenvalue weighted by Crippen LogP contribution is -2.39. The van der Waals surface area contributed by atoms with Crippen LogP contribution >= 0.6 is 11.6 Å². The Balaban J connectivity index is 1.42. The summed E-state index contributed by atoms with van der Waals surface area (Å²) in [5.41, 5.74) is 4.01. The predicted molar refractivity (Wildman–Crippen MR) is 162 cm³/mol. The topological polar surface area (TPSA) is 97.2 Å². The zero-order chi connectivity index (χ0) is 28.6. The highest BCUT2D eigenvalue weighted by Crippen LogP contribution is 2.40. The van der Waals surface area contributed by atoms with Crippen LogP contribution in [0.4, 0.5) is 23.1 Å². The van der Waals surface area contributed by atoms with Crippen LogP contribution in [-0.4, -0.2) is 59.3 Å². The lowest BCUT2D eigenvalue weighted by atomic mass is 9.87. The number of ether oxygens (including phenoxy) is 1. The molecule has 2 aliphatic rings. The summed E-state index contributed by atoms with van der Waals surface area (Å²) >= 11 is 6.48. The van der Waals surface area contributed by atoms with Gasteiger partial charge in [0.15, 0.2) is 10.8 Å². The van der Waals surface area contributed by atoms with Crippen molar-refractivity contribution in [3.05, 3.63) is 40.7 Å². The number of aryl methyl sites for hydroxylation is 2. The van der Waals surface area contributed by atoms with Gasteiger partial charge in [0.1, 0.15) is 10.8 Å². The largest absolute Gasteiger partial charge is 0.488 e. The first-order valence-corrected chi connectivity index (χ1v) is 15.7. The standard InChI is InChI=1S/C29H40ClN7O2S/c1-17(2)37-11-7-8-20(15-37)22-13-26(39-21-9-10-21)24(12-19(22)5)33-29-31-14-23(30)27(34-29)32-25-16-36(6)35-28(25)40(38)18(3)4/h12-14,16-18,20-21H,7-11,15H2,1-6H3,(H2,31,32,33,34). The van der Waals surface area contributed by atoms with E-state index in [-0.39, 0.29) is 11.4 Å². The molecule has 11 heteroatoms. The second kappa shape index (κ2) is 12.0. The molecule has 40 heavy (non-hydrogen) atoms. The molecular formula is C29H40ClN7O2S. The number of benzene rings is 1. The molecule has 1 aliphatic heterocycles. The fraction of sp³-hybridized carbons (Fsp3) is 0.552. The van der Waals surface area contributed by atoms with Crippen molar-refractivity contribution in [3.63, 3.8) is 0 Å². The Hall–Kier alpha value is -2.69. The molecule has 0 radical (unpaired) electrons. The van der Waals surface area contributed by atoms with Gasteiger partial charge in [0.2, 0.25) is 5.95 Å². The Labute approximate surface area is 244 Å². The maximum atomic E-state index is 12.8. The SMILES string of the molecule is Cc1cc(Nc2ncc(Cl)c(Nc3cn(C)nc3S(=O)C(C)C)n2)c(OC2CC2)cc1C1CCCN(C(C)C)C1. The lowest BCUT2D eigenvalue weighted by molar-refractivity contribution is 0.167. The van der Waals surface area contributed by atoms with Crippen molar-refractivity contribution in [2.45, 2.75) is 88.6 Å². The van der Waals surface area contributed by atoms with Gasteiger partial charge in [-0.2, -0.15) is 10.1 Å². The number of anilines is 4.